The molecule has 0 fully saturated rings. The van der Waals surface area contributed by atoms with E-state index >= 15 is 0 Å². The van der Waals surface area contributed by atoms with Crippen LogP contribution in [0.15, 0.2) is 12.2 Å². The Balaban J connectivity index is 3.03. The molecule has 0 aliphatic carbocycles. The lowest BCUT2D eigenvalue weighted by Gasteiger charge is -2.01. The van der Waals surface area contributed by atoms with Crippen LogP contribution in [-0.4, -0.2) is 37.5 Å². The zero-order valence-corrected chi connectivity index (χ0v) is 7.86. The summed E-state index contributed by atoms with van der Waals surface area (Å²) in [5.41, 5.74) is 0. The highest BCUT2D eigenvalue weighted by Gasteiger charge is 1.87. The van der Waals surface area contributed by atoms with E-state index in [9.17, 15) is 4.79 Å². The van der Waals surface area contributed by atoms with Gasteiger partial charge >= 0.3 is 5.97 Å². The molecule has 0 saturated heterocycles. The fourth-order valence-corrected chi connectivity index (χ4v) is 0.665. The maximum atomic E-state index is 10.0. The van der Waals surface area contributed by atoms with Crippen molar-refractivity contribution in [2.45, 2.75) is 13.3 Å². The smallest absolute Gasteiger partial charge is 0.328 e. The van der Waals surface area contributed by atoms with Crippen LogP contribution in [-0.2, 0) is 14.3 Å². The Morgan fingerprint density at radius 2 is 2.00 bits per heavy atom. The number of hydrogen-bond acceptors (Lipinski definition) is 3. The number of carbonyl (C=O) groups is 1. The lowest BCUT2D eigenvalue weighted by atomic mass is 10.5. The summed E-state index contributed by atoms with van der Waals surface area (Å²) in [7, 11) is 0. The van der Waals surface area contributed by atoms with Gasteiger partial charge in [-0.2, -0.15) is 0 Å². The Morgan fingerprint density at radius 3 is 2.62 bits per heavy atom. The number of aliphatic carboxylic acids is 1. The Bertz CT molecular complexity index is 154. The fraction of sp³-hybridized carbons (Fsp3) is 0.667. The lowest BCUT2D eigenvalue weighted by molar-refractivity contribution is -0.131. The third-order valence-corrected chi connectivity index (χ3v) is 1.19. The largest absolute Gasteiger partial charge is 0.478 e. The molecule has 1 N–H and O–H groups in total. The highest BCUT2D eigenvalue weighted by Crippen LogP contribution is 1.82. The van der Waals surface area contributed by atoms with Crippen molar-refractivity contribution in [1.82, 2.24) is 0 Å². The molecular weight excluding hydrogens is 172 g/mol. The number of carboxylic acid groups (broad SMARTS) is 1. The highest BCUT2D eigenvalue weighted by atomic mass is 16.5. The van der Waals surface area contributed by atoms with Crippen LogP contribution in [0.4, 0.5) is 0 Å². The Labute approximate surface area is 78.2 Å². The van der Waals surface area contributed by atoms with Gasteiger partial charge in [-0.15, -0.1) is 0 Å². The molecule has 0 atom stereocenters. The molecule has 0 radical (unpaired) electrons. The fourth-order valence-electron chi connectivity index (χ4n) is 0.665. The topological polar surface area (TPSA) is 55.8 Å². The van der Waals surface area contributed by atoms with E-state index in [0.717, 1.165) is 19.1 Å². The molecule has 0 aliphatic rings. The molecule has 0 heterocycles. The van der Waals surface area contributed by atoms with Crippen molar-refractivity contribution < 1.29 is 19.4 Å². The van der Waals surface area contributed by atoms with Crippen LogP contribution < -0.4 is 0 Å². The summed E-state index contributed by atoms with van der Waals surface area (Å²) in [6.07, 6.45) is 3.52. The van der Waals surface area contributed by atoms with Crippen molar-refractivity contribution in [3.8, 4) is 0 Å². The minimum absolute atomic E-state index is 0.321. The van der Waals surface area contributed by atoms with Gasteiger partial charge in [0.15, 0.2) is 0 Å². The maximum absolute atomic E-state index is 10.0. The first kappa shape index (κ1) is 12.1. The third kappa shape index (κ3) is 11.1. The van der Waals surface area contributed by atoms with Crippen molar-refractivity contribution in [1.29, 1.82) is 0 Å². The van der Waals surface area contributed by atoms with Gasteiger partial charge in [-0.25, -0.2) is 4.79 Å². The molecule has 76 valence electrons. The van der Waals surface area contributed by atoms with E-state index in [-0.39, 0.29) is 0 Å². The highest BCUT2D eigenvalue weighted by molar-refractivity contribution is 5.79. The Morgan fingerprint density at radius 1 is 1.31 bits per heavy atom. The summed E-state index contributed by atoms with van der Waals surface area (Å²) in [5, 5.41) is 8.22. The predicted molar refractivity (Wildman–Crippen MR) is 48.7 cm³/mol. The zero-order valence-electron chi connectivity index (χ0n) is 7.86. The molecule has 4 heteroatoms. The van der Waals surface area contributed by atoms with E-state index in [1.54, 1.807) is 0 Å². The number of carboxylic acids is 1. The normalized spacial score (nSPS) is 10.8. The summed E-state index contributed by atoms with van der Waals surface area (Å²) in [4.78, 5) is 10.0. The SMILES string of the molecule is CCCOCCOC/C=C/C(=O)O. The van der Waals surface area contributed by atoms with Crippen molar-refractivity contribution in [3.05, 3.63) is 12.2 Å². The van der Waals surface area contributed by atoms with Gasteiger partial charge in [-0.05, 0) is 6.42 Å². The van der Waals surface area contributed by atoms with Crippen molar-refractivity contribution in [2.24, 2.45) is 0 Å². The van der Waals surface area contributed by atoms with Gasteiger partial charge < -0.3 is 14.6 Å². The van der Waals surface area contributed by atoms with Crippen LogP contribution >= 0.6 is 0 Å². The quantitative estimate of drug-likeness (QED) is 0.457. The predicted octanol–water partition coefficient (Wildman–Crippen LogP) is 1.07. The summed E-state index contributed by atoms with van der Waals surface area (Å²) in [6, 6.07) is 0. The van der Waals surface area contributed by atoms with Crippen molar-refractivity contribution >= 4 is 5.97 Å². The minimum atomic E-state index is -0.953. The Kier molecular flexibility index (Phi) is 8.60. The second-order valence-corrected chi connectivity index (χ2v) is 2.43. The van der Waals surface area contributed by atoms with E-state index in [1.807, 2.05) is 6.92 Å². The second kappa shape index (κ2) is 9.22. The van der Waals surface area contributed by atoms with Gasteiger partial charge in [0.2, 0.25) is 0 Å². The van der Waals surface area contributed by atoms with Crippen LogP contribution in [0.25, 0.3) is 0 Å². The van der Waals surface area contributed by atoms with Gasteiger partial charge in [-0.3, -0.25) is 0 Å². The van der Waals surface area contributed by atoms with Crippen LogP contribution in [0, 0.1) is 0 Å². The monoisotopic (exact) mass is 188 g/mol. The van der Waals surface area contributed by atoms with E-state index in [2.05, 4.69) is 0 Å². The molecule has 0 unspecified atom stereocenters. The minimum Gasteiger partial charge on any atom is -0.478 e. The average molecular weight is 188 g/mol. The van der Waals surface area contributed by atoms with Crippen LogP contribution in [0.3, 0.4) is 0 Å². The molecule has 0 amide bonds. The first-order chi connectivity index (χ1) is 6.27. The van der Waals surface area contributed by atoms with Gasteiger partial charge in [0.05, 0.1) is 19.8 Å². The summed E-state index contributed by atoms with van der Waals surface area (Å²) in [6.45, 7) is 4.17. The van der Waals surface area contributed by atoms with Crippen LogP contribution in [0.1, 0.15) is 13.3 Å². The first-order valence-electron chi connectivity index (χ1n) is 4.32. The average Bonchev–Trinajstić information content (AvgIpc) is 2.09. The van der Waals surface area contributed by atoms with Crippen LogP contribution in [0.5, 0.6) is 0 Å². The van der Waals surface area contributed by atoms with Gasteiger partial charge in [0.25, 0.3) is 0 Å². The molecular formula is C9H16O4. The summed E-state index contributed by atoms with van der Waals surface area (Å²) >= 11 is 0. The van der Waals surface area contributed by atoms with E-state index in [0.29, 0.717) is 19.8 Å². The summed E-state index contributed by atoms with van der Waals surface area (Å²) in [5.74, 6) is -0.953. The number of ether oxygens (including phenoxy) is 2. The van der Waals surface area contributed by atoms with Crippen molar-refractivity contribution in [2.75, 3.05) is 26.4 Å². The number of hydrogen-bond donors (Lipinski definition) is 1. The molecule has 0 aromatic rings. The lowest BCUT2D eigenvalue weighted by Crippen LogP contribution is -2.04. The standard InChI is InChI=1S/C9H16O4/c1-2-5-12-7-8-13-6-3-4-9(10)11/h3-4H,2,5-8H2,1H3,(H,10,11)/b4-3+. The zero-order chi connectivity index (χ0) is 9.94. The maximum Gasteiger partial charge on any atom is 0.328 e. The van der Waals surface area contributed by atoms with Crippen molar-refractivity contribution in [3.63, 3.8) is 0 Å². The molecule has 0 saturated carbocycles. The van der Waals surface area contributed by atoms with Gasteiger partial charge in [-0.1, -0.05) is 13.0 Å². The second-order valence-electron chi connectivity index (χ2n) is 2.43. The van der Waals surface area contributed by atoms with Crippen LogP contribution in [0.2, 0.25) is 0 Å². The van der Waals surface area contributed by atoms with E-state index in [4.69, 9.17) is 14.6 Å². The summed E-state index contributed by atoms with van der Waals surface area (Å²) < 4.78 is 10.2. The molecule has 0 aliphatic heterocycles. The number of rotatable bonds is 8. The molecule has 4 nitrogen and oxygen atoms in total. The van der Waals surface area contributed by atoms with E-state index < -0.39 is 5.97 Å². The molecule has 13 heavy (non-hydrogen) atoms. The van der Waals surface area contributed by atoms with Gasteiger partial charge in [0.1, 0.15) is 0 Å². The first-order valence-corrected chi connectivity index (χ1v) is 4.32. The molecule has 0 aromatic heterocycles. The van der Waals surface area contributed by atoms with E-state index in [1.165, 1.54) is 6.08 Å². The molecule has 0 rings (SSSR count). The molecule has 0 bridgehead atoms. The molecule has 0 spiro atoms. The Hall–Kier alpha value is -0.870. The molecule has 0 aromatic carbocycles. The third-order valence-electron chi connectivity index (χ3n) is 1.19. The van der Waals surface area contributed by atoms with Gasteiger partial charge in [0, 0.05) is 12.7 Å².